The fourth-order valence-electron chi connectivity index (χ4n) is 4.46. The molecule has 3 heterocycles. The number of benzene rings is 1. The summed E-state index contributed by atoms with van der Waals surface area (Å²) >= 11 is 1.61. The predicted octanol–water partition coefficient (Wildman–Crippen LogP) is 3.49. The molecule has 0 spiro atoms. The lowest BCUT2D eigenvalue weighted by atomic mass is 10.0. The third-order valence-corrected chi connectivity index (χ3v) is 6.98. The van der Waals surface area contributed by atoms with Gasteiger partial charge in [-0.25, -0.2) is 9.97 Å². The summed E-state index contributed by atoms with van der Waals surface area (Å²) in [5.74, 6) is 1.07. The van der Waals surface area contributed by atoms with Gasteiger partial charge in [0.1, 0.15) is 17.0 Å². The van der Waals surface area contributed by atoms with Crippen LogP contribution in [0.2, 0.25) is 0 Å². The van der Waals surface area contributed by atoms with Gasteiger partial charge in [0.25, 0.3) is 0 Å². The van der Waals surface area contributed by atoms with Crippen LogP contribution in [0.3, 0.4) is 0 Å². The maximum atomic E-state index is 12.7. The lowest BCUT2D eigenvalue weighted by Crippen LogP contribution is -2.49. The Labute approximate surface area is 179 Å². The Bertz CT molecular complexity index is 1100. The minimum absolute atomic E-state index is 0.0625. The monoisotopic (exact) mass is 420 g/mol. The molecular formula is C23H24N4O2S. The van der Waals surface area contributed by atoms with E-state index in [0.29, 0.717) is 13.1 Å². The van der Waals surface area contributed by atoms with Gasteiger partial charge in [-0.3, -0.25) is 9.59 Å². The van der Waals surface area contributed by atoms with Gasteiger partial charge >= 0.3 is 0 Å². The topological polar surface area (TPSA) is 66.4 Å². The van der Waals surface area contributed by atoms with E-state index >= 15 is 0 Å². The summed E-state index contributed by atoms with van der Waals surface area (Å²) in [6, 6.07) is 8.08. The number of hydrogen-bond acceptors (Lipinski definition) is 6. The average molecular weight is 421 g/mol. The lowest BCUT2D eigenvalue weighted by molar-refractivity contribution is -0.131. The third-order valence-electron chi connectivity index (χ3n) is 6.16. The minimum atomic E-state index is 0.0625. The van der Waals surface area contributed by atoms with Crippen LogP contribution in [0.1, 0.15) is 40.7 Å². The van der Waals surface area contributed by atoms with Crippen LogP contribution in [0, 0.1) is 0 Å². The minimum Gasteiger partial charge on any atom is -0.352 e. The van der Waals surface area contributed by atoms with Gasteiger partial charge in [0.05, 0.1) is 5.39 Å². The first-order chi connectivity index (χ1) is 14.7. The molecule has 0 bridgehead atoms. The number of aromatic nitrogens is 2. The number of Topliss-reactive ketones (excluding diaryl/α,β-unsaturated/α-hetero) is 1. The molecule has 0 unspecified atom stereocenters. The van der Waals surface area contributed by atoms with E-state index in [1.807, 2.05) is 22.4 Å². The first kappa shape index (κ1) is 19.2. The van der Waals surface area contributed by atoms with Crippen molar-refractivity contribution in [3.05, 3.63) is 52.7 Å². The molecule has 2 aliphatic rings. The Morgan fingerprint density at radius 2 is 1.80 bits per heavy atom. The Balaban J connectivity index is 1.15. The SMILES string of the molecule is O=C(CCC(=O)N1CCN(c2ncnc3sccc23)CC1)c1ccc2c(c1)CCC2. The van der Waals surface area contributed by atoms with Crippen LogP contribution in [0.15, 0.2) is 36.0 Å². The van der Waals surface area contributed by atoms with Gasteiger partial charge in [-0.15, -0.1) is 11.3 Å². The van der Waals surface area contributed by atoms with Crippen LogP contribution >= 0.6 is 11.3 Å². The molecule has 1 saturated heterocycles. The molecule has 0 saturated carbocycles. The summed E-state index contributed by atoms with van der Waals surface area (Å²) in [4.78, 5) is 39.1. The number of nitrogens with zero attached hydrogens (tertiary/aromatic N) is 4. The number of ketones is 1. The molecule has 3 aromatic rings. The number of hydrogen-bond donors (Lipinski definition) is 0. The van der Waals surface area contributed by atoms with Crippen molar-refractivity contribution >= 4 is 39.1 Å². The fourth-order valence-corrected chi connectivity index (χ4v) is 5.19. The number of amides is 1. The van der Waals surface area contributed by atoms with Crippen LogP contribution in [0.25, 0.3) is 10.2 Å². The largest absolute Gasteiger partial charge is 0.352 e. The van der Waals surface area contributed by atoms with Crippen molar-refractivity contribution < 1.29 is 9.59 Å². The van der Waals surface area contributed by atoms with Crippen molar-refractivity contribution in [2.75, 3.05) is 31.1 Å². The second-order valence-electron chi connectivity index (χ2n) is 7.96. The van der Waals surface area contributed by atoms with E-state index in [-0.39, 0.29) is 24.5 Å². The maximum Gasteiger partial charge on any atom is 0.223 e. The highest BCUT2D eigenvalue weighted by Crippen LogP contribution is 2.27. The second kappa shape index (κ2) is 8.14. The van der Waals surface area contributed by atoms with Crippen molar-refractivity contribution in [1.29, 1.82) is 0 Å². The molecule has 5 rings (SSSR count). The normalized spacial score (nSPS) is 16.1. The maximum absolute atomic E-state index is 12.7. The zero-order valence-corrected chi connectivity index (χ0v) is 17.7. The van der Waals surface area contributed by atoms with Crippen LogP contribution in [-0.4, -0.2) is 52.7 Å². The number of thiophene rings is 1. The number of anilines is 1. The van der Waals surface area contributed by atoms with Gasteiger partial charge < -0.3 is 9.80 Å². The van der Waals surface area contributed by atoms with Crippen LogP contribution in [-0.2, 0) is 17.6 Å². The molecule has 0 N–H and O–H groups in total. The van der Waals surface area contributed by atoms with Gasteiger partial charge in [0.2, 0.25) is 5.91 Å². The number of piperazine rings is 1. The molecule has 1 amide bonds. The Morgan fingerprint density at radius 3 is 2.67 bits per heavy atom. The zero-order chi connectivity index (χ0) is 20.5. The molecule has 1 aliphatic heterocycles. The quantitative estimate of drug-likeness (QED) is 0.591. The second-order valence-corrected chi connectivity index (χ2v) is 8.86. The summed E-state index contributed by atoms with van der Waals surface area (Å²) < 4.78 is 0. The molecule has 0 radical (unpaired) electrons. The van der Waals surface area contributed by atoms with Crippen LogP contribution in [0.4, 0.5) is 5.82 Å². The Kier molecular flexibility index (Phi) is 5.21. The van der Waals surface area contributed by atoms with Crippen LogP contribution < -0.4 is 4.90 Å². The number of rotatable bonds is 5. The molecular weight excluding hydrogens is 396 g/mol. The molecule has 1 aromatic carbocycles. The number of fused-ring (bicyclic) bond motifs is 2. The molecule has 2 aromatic heterocycles. The number of carbonyl (C=O) groups excluding carboxylic acids is 2. The molecule has 1 aliphatic carbocycles. The average Bonchev–Trinajstić information content (AvgIpc) is 3.45. The molecule has 6 nitrogen and oxygen atoms in total. The van der Waals surface area contributed by atoms with Crippen molar-refractivity contribution in [2.24, 2.45) is 0 Å². The summed E-state index contributed by atoms with van der Waals surface area (Å²) in [7, 11) is 0. The Hall–Kier alpha value is -2.80. The first-order valence-electron chi connectivity index (χ1n) is 10.5. The predicted molar refractivity (Wildman–Crippen MR) is 118 cm³/mol. The highest BCUT2D eigenvalue weighted by Gasteiger charge is 2.24. The first-order valence-corrected chi connectivity index (χ1v) is 11.4. The highest BCUT2D eigenvalue weighted by molar-refractivity contribution is 7.16. The van der Waals surface area contributed by atoms with E-state index in [1.165, 1.54) is 17.5 Å². The fraction of sp³-hybridized carbons (Fsp3) is 0.391. The smallest absolute Gasteiger partial charge is 0.223 e. The van der Waals surface area contributed by atoms with E-state index in [4.69, 9.17) is 0 Å². The summed E-state index contributed by atoms with van der Waals surface area (Å²) in [5.41, 5.74) is 3.41. The van der Waals surface area contributed by atoms with Crippen molar-refractivity contribution in [3.8, 4) is 0 Å². The summed E-state index contributed by atoms with van der Waals surface area (Å²) in [6.45, 7) is 2.79. The van der Waals surface area contributed by atoms with E-state index in [9.17, 15) is 9.59 Å². The van der Waals surface area contributed by atoms with Crippen molar-refractivity contribution in [1.82, 2.24) is 14.9 Å². The molecule has 30 heavy (non-hydrogen) atoms. The van der Waals surface area contributed by atoms with E-state index < -0.39 is 0 Å². The lowest BCUT2D eigenvalue weighted by Gasteiger charge is -2.35. The van der Waals surface area contributed by atoms with Crippen molar-refractivity contribution in [2.45, 2.75) is 32.1 Å². The molecule has 0 atom stereocenters. The van der Waals surface area contributed by atoms with E-state index in [0.717, 1.165) is 47.5 Å². The molecule has 1 fully saturated rings. The molecule has 7 heteroatoms. The highest BCUT2D eigenvalue weighted by atomic mass is 32.1. The number of carbonyl (C=O) groups is 2. The number of aryl methyl sites for hydroxylation is 2. The van der Waals surface area contributed by atoms with E-state index in [1.54, 1.807) is 17.7 Å². The zero-order valence-electron chi connectivity index (χ0n) is 16.8. The third kappa shape index (κ3) is 3.69. The Morgan fingerprint density at radius 1 is 0.967 bits per heavy atom. The van der Waals surface area contributed by atoms with Gasteiger partial charge in [0, 0.05) is 44.6 Å². The van der Waals surface area contributed by atoms with Gasteiger partial charge in [0.15, 0.2) is 5.78 Å². The molecule has 154 valence electrons. The summed E-state index contributed by atoms with van der Waals surface area (Å²) in [5, 5.41) is 3.10. The summed E-state index contributed by atoms with van der Waals surface area (Å²) in [6.07, 6.45) is 5.50. The van der Waals surface area contributed by atoms with Gasteiger partial charge in [-0.05, 0) is 47.9 Å². The van der Waals surface area contributed by atoms with Gasteiger partial charge in [-0.2, -0.15) is 0 Å². The van der Waals surface area contributed by atoms with E-state index in [2.05, 4.69) is 27.0 Å². The van der Waals surface area contributed by atoms with Crippen LogP contribution in [0.5, 0.6) is 0 Å². The van der Waals surface area contributed by atoms with Gasteiger partial charge in [-0.1, -0.05) is 12.1 Å². The standard InChI is InChI=1S/C23H24N4O2S/c28-20(18-5-4-16-2-1-3-17(16)14-18)6-7-21(29)26-9-11-27(12-10-26)22-19-8-13-30-23(19)25-15-24-22/h4-5,8,13-15H,1-3,6-7,9-12H2. The van der Waals surface area contributed by atoms with Crippen molar-refractivity contribution in [3.63, 3.8) is 0 Å².